The van der Waals surface area contributed by atoms with Crippen LogP contribution >= 0.6 is 0 Å². The van der Waals surface area contributed by atoms with Crippen molar-refractivity contribution in [3.8, 4) is 11.5 Å². The van der Waals surface area contributed by atoms with Crippen LogP contribution in [0, 0.1) is 16.0 Å². The molecule has 166 valence electrons. The van der Waals surface area contributed by atoms with E-state index < -0.39 is 10.8 Å². The Morgan fingerprint density at radius 2 is 1.81 bits per heavy atom. The number of amides is 1. The lowest BCUT2D eigenvalue weighted by Gasteiger charge is -2.32. The minimum absolute atomic E-state index is 0.0304. The van der Waals surface area contributed by atoms with Gasteiger partial charge in [0.1, 0.15) is 0 Å². The highest BCUT2D eigenvalue weighted by Gasteiger charge is 2.20. The molecule has 0 atom stereocenters. The molecule has 9 nitrogen and oxygen atoms in total. The van der Waals surface area contributed by atoms with E-state index in [0.717, 1.165) is 38.9 Å². The average molecular weight is 435 g/mol. The minimum Gasteiger partial charge on any atom is -0.412 e. The Morgan fingerprint density at radius 1 is 1.09 bits per heavy atom. The number of nitrogens with zero attached hydrogens (tertiary/aromatic N) is 4. The SMILES string of the molecule is O=C(NCCC1CCN(Cc2ccccc2)CC1)c1nnc(-c2ccc([N+](=O)[O-])cc2)o1. The zero-order chi connectivity index (χ0) is 22.3. The number of non-ortho nitro benzene ring substituents is 1. The summed E-state index contributed by atoms with van der Waals surface area (Å²) in [7, 11) is 0. The Bertz CT molecular complexity index is 1040. The number of carbonyl (C=O) groups excluding carboxylic acids is 1. The van der Waals surface area contributed by atoms with Gasteiger partial charge in [-0.1, -0.05) is 30.3 Å². The van der Waals surface area contributed by atoms with Crippen LogP contribution in [0.15, 0.2) is 59.0 Å². The maximum Gasteiger partial charge on any atom is 0.308 e. The first-order chi connectivity index (χ1) is 15.6. The molecule has 1 fully saturated rings. The molecule has 9 heteroatoms. The summed E-state index contributed by atoms with van der Waals surface area (Å²) in [5, 5.41) is 21.3. The minimum atomic E-state index is -0.483. The molecule has 1 aromatic heterocycles. The van der Waals surface area contributed by atoms with Crippen LogP contribution < -0.4 is 5.32 Å². The van der Waals surface area contributed by atoms with E-state index in [9.17, 15) is 14.9 Å². The molecule has 0 radical (unpaired) electrons. The quantitative estimate of drug-likeness (QED) is 0.424. The highest BCUT2D eigenvalue weighted by molar-refractivity contribution is 5.89. The van der Waals surface area contributed by atoms with E-state index in [2.05, 4.69) is 44.7 Å². The summed E-state index contributed by atoms with van der Waals surface area (Å²) in [6, 6.07) is 16.2. The van der Waals surface area contributed by atoms with E-state index in [1.807, 2.05) is 6.07 Å². The number of hydrogen-bond acceptors (Lipinski definition) is 7. The summed E-state index contributed by atoms with van der Waals surface area (Å²) in [5.41, 5.74) is 1.83. The van der Waals surface area contributed by atoms with E-state index >= 15 is 0 Å². The topological polar surface area (TPSA) is 114 Å². The molecule has 1 amide bonds. The van der Waals surface area contributed by atoms with Crippen LogP contribution in [0.25, 0.3) is 11.5 Å². The number of piperidine rings is 1. The second-order valence-corrected chi connectivity index (χ2v) is 7.97. The summed E-state index contributed by atoms with van der Waals surface area (Å²) in [6.45, 7) is 3.67. The van der Waals surface area contributed by atoms with Crippen LogP contribution in [-0.2, 0) is 6.54 Å². The molecule has 4 rings (SSSR count). The Labute approximate surface area is 185 Å². The third kappa shape index (κ3) is 5.55. The molecular formula is C23H25N5O4. The largest absolute Gasteiger partial charge is 0.412 e. The first-order valence-electron chi connectivity index (χ1n) is 10.7. The van der Waals surface area contributed by atoms with Gasteiger partial charge in [-0.15, -0.1) is 10.2 Å². The number of carbonyl (C=O) groups is 1. The summed E-state index contributed by atoms with van der Waals surface area (Å²) < 4.78 is 5.43. The van der Waals surface area contributed by atoms with Crippen LogP contribution in [0.2, 0.25) is 0 Å². The van der Waals surface area contributed by atoms with Crippen molar-refractivity contribution in [1.82, 2.24) is 20.4 Å². The molecule has 32 heavy (non-hydrogen) atoms. The highest BCUT2D eigenvalue weighted by atomic mass is 16.6. The molecule has 2 aromatic carbocycles. The van der Waals surface area contributed by atoms with Gasteiger partial charge in [-0.25, -0.2) is 0 Å². The number of nitro benzene ring substituents is 1. The molecule has 1 aliphatic rings. The number of benzene rings is 2. The van der Waals surface area contributed by atoms with Gasteiger partial charge in [0.15, 0.2) is 0 Å². The van der Waals surface area contributed by atoms with Gasteiger partial charge in [0, 0.05) is 30.8 Å². The fourth-order valence-corrected chi connectivity index (χ4v) is 3.90. The highest BCUT2D eigenvalue weighted by Crippen LogP contribution is 2.22. The molecule has 2 heterocycles. The van der Waals surface area contributed by atoms with Crippen molar-refractivity contribution in [3.05, 3.63) is 76.2 Å². The van der Waals surface area contributed by atoms with Gasteiger partial charge in [0.2, 0.25) is 5.89 Å². The van der Waals surface area contributed by atoms with Crippen molar-refractivity contribution in [2.75, 3.05) is 19.6 Å². The summed E-state index contributed by atoms with van der Waals surface area (Å²) in [6.07, 6.45) is 3.15. The van der Waals surface area contributed by atoms with Crippen LogP contribution in [0.4, 0.5) is 5.69 Å². The first kappa shape index (κ1) is 21.6. The molecule has 0 spiro atoms. The molecule has 1 aliphatic heterocycles. The molecule has 0 aliphatic carbocycles. The van der Waals surface area contributed by atoms with Crippen molar-refractivity contribution in [1.29, 1.82) is 0 Å². The van der Waals surface area contributed by atoms with Crippen molar-refractivity contribution in [3.63, 3.8) is 0 Å². The van der Waals surface area contributed by atoms with Gasteiger partial charge in [-0.2, -0.15) is 0 Å². The van der Waals surface area contributed by atoms with Crippen molar-refractivity contribution < 1.29 is 14.1 Å². The van der Waals surface area contributed by atoms with Gasteiger partial charge >= 0.3 is 11.8 Å². The number of rotatable bonds is 8. The van der Waals surface area contributed by atoms with E-state index in [1.54, 1.807) is 0 Å². The van der Waals surface area contributed by atoms with E-state index in [-0.39, 0.29) is 17.5 Å². The third-order valence-corrected chi connectivity index (χ3v) is 5.74. The Morgan fingerprint density at radius 3 is 2.50 bits per heavy atom. The smallest absolute Gasteiger partial charge is 0.308 e. The van der Waals surface area contributed by atoms with Gasteiger partial charge in [-0.3, -0.25) is 19.8 Å². The van der Waals surface area contributed by atoms with E-state index in [0.29, 0.717) is 18.0 Å². The van der Waals surface area contributed by atoms with E-state index in [4.69, 9.17) is 4.42 Å². The maximum absolute atomic E-state index is 12.3. The zero-order valence-corrected chi connectivity index (χ0v) is 17.6. The number of nitro groups is 1. The lowest BCUT2D eigenvalue weighted by atomic mass is 9.93. The molecule has 0 saturated carbocycles. The van der Waals surface area contributed by atoms with Crippen LogP contribution in [-0.4, -0.2) is 45.6 Å². The number of hydrogen-bond donors (Lipinski definition) is 1. The fraction of sp³-hybridized carbons (Fsp3) is 0.348. The van der Waals surface area contributed by atoms with Crippen LogP contribution in [0.3, 0.4) is 0 Å². The van der Waals surface area contributed by atoms with Gasteiger partial charge < -0.3 is 9.73 Å². The summed E-state index contributed by atoms with van der Waals surface area (Å²) in [5.74, 6) is 0.208. The predicted molar refractivity (Wildman–Crippen MR) is 118 cm³/mol. The monoisotopic (exact) mass is 435 g/mol. The van der Waals surface area contributed by atoms with E-state index in [1.165, 1.54) is 29.8 Å². The summed E-state index contributed by atoms with van der Waals surface area (Å²) >= 11 is 0. The zero-order valence-electron chi connectivity index (χ0n) is 17.6. The number of aromatic nitrogens is 2. The van der Waals surface area contributed by atoms with Crippen LogP contribution in [0.1, 0.15) is 35.5 Å². The Kier molecular flexibility index (Phi) is 6.86. The standard InChI is InChI=1S/C23H25N5O4/c29-21(23-26-25-22(32-23)19-6-8-20(9-7-19)28(30)31)24-13-10-17-11-14-27(15-12-17)16-18-4-2-1-3-5-18/h1-9,17H,10-16H2,(H,24,29). The van der Waals surface area contributed by atoms with Gasteiger partial charge in [0.05, 0.1) is 4.92 Å². The number of likely N-dealkylation sites (tertiary alicyclic amines) is 1. The van der Waals surface area contributed by atoms with Crippen molar-refractivity contribution >= 4 is 11.6 Å². The van der Waals surface area contributed by atoms with Gasteiger partial charge in [0.25, 0.3) is 5.69 Å². The Hall–Kier alpha value is -3.59. The van der Waals surface area contributed by atoms with Crippen molar-refractivity contribution in [2.45, 2.75) is 25.8 Å². The first-order valence-corrected chi connectivity index (χ1v) is 10.7. The second kappa shape index (κ2) is 10.1. The molecule has 1 N–H and O–H groups in total. The maximum atomic E-state index is 12.3. The summed E-state index contributed by atoms with van der Waals surface area (Å²) in [4.78, 5) is 25.1. The molecular weight excluding hydrogens is 410 g/mol. The molecule has 0 bridgehead atoms. The lowest BCUT2D eigenvalue weighted by molar-refractivity contribution is -0.384. The van der Waals surface area contributed by atoms with Crippen molar-refractivity contribution in [2.24, 2.45) is 5.92 Å². The lowest BCUT2D eigenvalue weighted by Crippen LogP contribution is -2.34. The molecule has 3 aromatic rings. The van der Waals surface area contributed by atoms with Crippen LogP contribution in [0.5, 0.6) is 0 Å². The predicted octanol–water partition coefficient (Wildman–Crippen LogP) is 3.68. The third-order valence-electron chi connectivity index (χ3n) is 5.74. The van der Waals surface area contributed by atoms with Gasteiger partial charge in [-0.05, 0) is 56.0 Å². The Balaban J connectivity index is 1.20. The number of nitrogens with one attached hydrogen (secondary N) is 1. The normalized spacial score (nSPS) is 14.9. The average Bonchev–Trinajstić information content (AvgIpc) is 3.31. The second-order valence-electron chi connectivity index (χ2n) is 7.97. The molecule has 0 unspecified atom stereocenters. The fourth-order valence-electron chi connectivity index (χ4n) is 3.90. The molecule has 1 saturated heterocycles.